The summed E-state index contributed by atoms with van der Waals surface area (Å²) in [5.41, 5.74) is 1.28. The zero-order chi connectivity index (χ0) is 16.8. The van der Waals surface area contributed by atoms with Crippen LogP contribution in [0.15, 0.2) is 30.3 Å². The number of urea groups is 1. The van der Waals surface area contributed by atoms with Gasteiger partial charge in [-0.05, 0) is 43.9 Å². The summed E-state index contributed by atoms with van der Waals surface area (Å²) in [5, 5.41) is 6.22. The van der Waals surface area contributed by atoms with Gasteiger partial charge in [-0.1, -0.05) is 25.1 Å². The summed E-state index contributed by atoms with van der Waals surface area (Å²) in [7, 11) is 0. The van der Waals surface area contributed by atoms with E-state index >= 15 is 0 Å². The summed E-state index contributed by atoms with van der Waals surface area (Å²) >= 11 is 0. The monoisotopic (exact) mass is 330 g/mol. The third-order valence-electron chi connectivity index (χ3n) is 5.33. The molecule has 2 amide bonds. The van der Waals surface area contributed by atoms with Gasteiger partial charge in [0.25, 0.3) is 0 Å². The zero-order valence-corrected chi connectivity index (χ0v) is 14.7. The molecular weight excluding hydrogens is 300 g/mol. The number of amides is 2. The number of hydrogen-bond acceptors (Lipinski definition) is 3. The van der Waals surface area contributed by atoms with E-state index in [1.807, 2.05) is 6.07 Å². The molecule has 2 aliphatic heterocycles. The molecule has 0 bridgehead atoms. The first-order valence-corrected chi connectivity index (χ1v) is 9.31. The van der Waals surface area contributed by atoms with E-state index < -0.39 is 0 Å². The maximum atomic E-state index is 12.1. The second kappa shape index (κ2) is 8.38. The normalized spacial score (nSPS) is 22.5. The number of benzene rings is 1. The molecule has 2 aliphatic rings. The van der Waals surface area contributed by atoms with Gasteiger partial charge in [0.15, 0.2) is 0 Å². The number of anilines is 1. The number of piperidine rings is 1. The van der Waals surface area contributed by atoms with Crippen LogP contribution in [0, 0.1) is 5.92 Å². The third-order valence-corrected chi connectivity index (χ3v) is 5.33. The Hall–Kier alpha value is -1.75. The van der Waals surface area contributed by atoms with Crippen LogP contribution in [0.5, 0.6) is 0 Å². The van der Waals surface area contributed by atoms with Crippen LogP contribution in [0.3, 0.4) is 0 Å². The number of carbonyl (C=O) groups is 1. The molecule has 1 unspecified atom stereocenters. The van der Waals surface area contributed by atoms with Crippen LogP contribution in [-0.4, -0.2) is 56.2 Å². The first kappa shape index (κ1) is 17.1. The Morgan fingerprint density at radius 1 is 1.12 bits per heavy atom. The minimum Gasteiger partial charge on any atom is -0.371 e. The third kappa shape index (κ3) is 4.63. The van der Waals surface area contributed by atoms with Crippen molar-refractivity contribution in [1.29, 1.82) is 0 Å². The average Bonchev–Trinajstić information content (AvgIpc) is 3.10. The fraction of sp³-hybridized carbons (Fsp3) is 0.632. The highest BCUT2D eigenvalue weighted by atomic mass is 16.2. The van der Waals surface area contributed by atoms with E-state index in [1.165, 1.54) is 5.69 Å². The Kier molecular flexibility index (Phi) is 5.96. The van der Waals surface area contributed by atoms with Crippen molar-refractivity contribution >= 4 is 11.7 Å². The maximum absolute atomic E-state index is 12.1. The zero-order valence-electron chi connectivity index (χ0n) is 14.7. The lowest BCUT2D eigenvalue weighted by Crippen LogP contribution is -2.48. The molecule has 132 valence electrons. The molecule has 1 atom stereocenters. The van der Waals surface area contributed by atoms with Crippen LogP contribution in [-0.2, 0) is 0 Å². The van der Waals surface area contributed by atoms with E-state index in [-0.39, 0.29) is 6.03 Å². The molecule has 2 N–H and O–H groups in total. The number of para-hydroxylation sites is 1. The number of likely N-dealkylation sites (tertiary alicyclic amines) is 1. The molecule has 0 spiro atoms. The van der Waals surface area contributed by atoms with E-state index in [2.05, 4.69) is 51.6 Å². The fourth-order valence-electron chi connectivity index (χ4n) is 3.74. The number of nitrogens with one attached hydrogen (secondary N) is 2. The van der Waals surface area contributed by atoms with Crippen molar-refractivity contribution < 1.29 is 4.79 Å². The quantitative estimate of drug-likeness (QED) is 0.871. The van der Waals surface area contributed by atoms with E-state index in [0.29, 0.717) is 12.0 Å². The Morgan fingerprint density at radius 2 is 1.88 bits per heavy atom. The van der Waals surface area contributed by atoms with Gasteiger partial charge in [-0.15, -0.1) is 0 Å². The van der Waals surface area contributed by atoms with Crippen molar-refractivity contribution in [3.05, 3.63) is 30.3 Å². The van der Waals surface area contributed by atoms with Gasteiger partial charge < -0.3 is 20.4 Å². The Balaban J connectivity index is 1.35. The fourth-order valence-corrected chi connectivity index (χ4v) is 3.74. The molecule has 2 heterocycles. The van der Waals surface area contributed by atoms with Gasteiger partial charge >= 0.3 is 6.03 Å². The van der Waals surface area contributed by atoms with Crippen LogP contribution in [0.25, 0.3) is 0 Å². The van der Waals surface area contributed by atoms with Crippen molar-refractivity contribution in [2.75, 3.05) is 44.2 Å². The molecule has 24 heavy (non-hydrogen) atoms. The summed E-state index contributed by atoms with van der Waals surface area (Å²) in [4.78, 5) is 17.0. The second-order valence-corrected chi connectivity index (χ2v) is 7.00. The number of hydrogen-bond donors (Lipinski definition) is 2. The molecule has 0 saturated carbocycles. The molecular formula is C19H30N4O. The molecule has 5 heteroatoms. The summed E-state index contributed by atoms with van der Waals surface area (Å²) in [6.07, 6.45) is 3.27. The summed E-state index contributed by atoms with van der Waals surface area (Å²) in [6, 6.07) is 10.9. The second-order valence-electron chi connectivity index (χ2n) is 7.00. The molecule has 5 nitrogen and oxygen atoms in total. The number of carbonyl (C=O) groups excluding carboxylic acids is 1. The first-order chi connectivity index (χ1) is 11.7. The van der Waals surface area contributed by atoms with Gasteiger partial charge in [-0.3, -0.25) is 0 Å². The lowest BCUT2D eigenvalue weighted by atomic mass is 10.1. The predicted molar refractivity (Wildman–Crippen MR) is 98.4 cm³/mol. The van der Waals surface area contributed by atoms with E-state index in [4.69, 9.17) is 0 Å². The SMILES string of the molecule is CCN1CCC(NC(=O)NCC2CCN(c3ccccc3)C2)CC1. The van der Waals surface area contributed by atoms with Gasteiger partial charge in [0.05, 0.1) is 0 Å². The van der Waals surface area contributed by atoms with Crippen LogP contribution in [0.2, 0.25) is 0 Å². The van der Waals surface area contributed by atoms with Gasteiger partial charge in [0.2, 0.25) is 0 Å². The molecule has 2 saturated heterocycles. The van der Waals surface area contributed by atoms with Crippen LogP contribution < -0.4 is 15.5 Å². The average molecular weight is 330 g/mol. The van der Waals surface area contributed by atoms with Gasteiger partial charge in [0.1, 0.15) is 0 Å². The highest BCUT2D eigenvalue weighted by Gasteiger charge is 2.24. The highest BCUT2D eigenvalue weighted by molar-refractivity contribution is 5.74. The van der Waals surface area contributed by atoms with E-state index in [9.17, 15) is 4.79 Å². The minimum atomic E-state index is 0.00288. The summed E-state index contributed by atoms with van der Waals surface area (Å²) in [6.45, 7) is 8.36. The summed E-state index contributed by atoms with van der Waals surface area (Å²) < 4.78 is 0. The van der Waals surface area contributed by atoms with Crippen molar-refractivity contribution in [2.45, 2.75) is 32.2 Å². The minimum absolute atomic E-state index is 0.00288. The Labute approximate surface area is 145 Å². The summed E-state index contributed by atoms with van der Waals surface area (Å²) in [5.74, 6) is 0.540. The van der Waals surface area contributed by atoms with Crippen LogP contribution in [0.1, 0.15) is 26.2 Å². The first-order valence-electron chi connectivity index (χ1n) is 9.31. The van der Waals surface area contributed by atoms with Crippen molar-refractivity contribution in [3.8, 4) is 0 Å². The Bertz CT molecular complexity index is 513. The van der Waals surface area contributed by atoms with Gasteiger partial charge in [-0.2, -0.15) is 0 Å². The molecule has 0 aromatic heterocycles. The molecule has 1 aromatic carbocycles. The smallest absolute Gasteiger partial charge is 0.315 e. The van der Waals surface area contributed by atoms with Crippen molar-refractivity contribution in [3.63, 3.8) is 0 Å². The molecule has 1 aromatic rings. The van der Waals surface area contributed by atoms with Crippen LogP contribution >= 0.6 is 0 Å². The largest absolute Gasteiger partial charge is 0.371 e. The van der Waals surface area contributed by atoms with Crippen LogP contribution in [0.4, 0.5) is 10.5 Å². The van der Waals surface area contributed by atoms with Crippen molar-refractivity contribution in [2.24, 2.45) is 5.92 Å². The number of rotatable bonds is 5. The molecule has 0 radical (unpaired) electrons. The molecule has 0 aliphatic carbocycles. The van der Waals surface area contributed by atoms with Crippen molar-refractivity contribution in [1.82, 2.24) is 15.5 Å². The van der Waals surface area contributed by atoms with Gasteiger partial charge in [-0.25, -0.2) is 4.79 Å². The standard InChI is InChI=1S/C19H30N4O/c1-2-22-11-9-17(10-12-22)21-19(24)20-14-16-8-13-23(15-16)18-6-4-3-5-7-18/h3-7,16-17H,2,8-15H2,1H3,(H2,20,21,24). The highest BCUT2D eigenvalue weighted by Crippen LogP contribution is 2.22. The van der Waals surface area contributed by atoms with E-state index in [1.54, 1.807) is 0 Å². The van der Waals surface area contributed by atoms with Gasteiger partial charge in [0, 0.05) is 44.5 Å². The lowest BCUT2D eigenvalue weighted by molar-refractivity contribution is 0.198. The topological polar surface area (TPSA) is 47.6 Å². The lowest BCUT2D eigenvalue weighted by Gasteiger charge is -2.31. The number of nitrogens with zero attached hydrogens (tertiary/aromatic N) is 2. The van der Waals surface area contributed by atoms with E-state index in [0.717, 1.165) is 58.5 Å². The molecule has 2 fully saturated rings. The maximum Gasteiger partial charge on any atom is 0.315 e. The molecule has 3 rings (SSSR count). The Morgan fingerprint density at radius 3 is 2.58 bits per heavy atom. The predicted octanol–water partition coefficient (Wildman–Crippen LogP) is 2.30.